The molecule has 0 unspecified atom stereocenters. The summed E-state index contributed by atoms with van der Waals surface area (Å²) < 4.78 is 3.65. The van der Waals surface area contributed by atoms with Crippen LogP contribution in [0.1, 0.15) is 0 Å². The molecule has 1 aliphatic heterocycles. The number of urea groups is 1. The summed E-state index contributed by atoms with van der Waals surface area (Å²) in [7, 11) is 0. The molecule has 1 saturated heterocycles. The lowest BCUT2D eigenvalue weighted by molar-refractivity contribution is 0.0533. The molecule has 1 aliphatic rings. The fourth-order valence-corrected chi connectivity index (χ4v) is 1.25. The van der Waals surface area contributed by atoms with Crippen molar-refractivity contribution in [3.05, 3.63) is 0 Å². The maximum absolute atomic E-state index is 11.4. The van der Waals surface area contributed by atoms with Crippen molar-refractivity contribution >= 4 is 40.8 Å². The van der Waals surface area contributed by atoms with Crippen LogP contribution in [0.3, 0.4) is 0 Å². The number of nitrogens with zero attached hydrogens (tertiary/aromatic N) is 1. The summed E-state index contributed by atoms with van der Waals surface area (Å²) in [6, 6.07) is -0.223. The molecule has 0 saturated carbocycles. The molecule has 0 spiro atoms. The molecule has 1 N–H and O–H groups in total. The third-order valence-corrected chi connectivity index (χ3v) is 2.14. The van der Waals surface area contributed by atoms with Crippen molar-refractivity contribution in [3.63, 3.8) is 0 Å². The molecule has 82 valence electrons. The minimum atomic E-state index is -1.44. The normalized spacial score (nSPS) is 18.1. The standard InChI is InChI=1S/C7H11Cl3N2O2/c8-7(9,10)5-11-6(13)12-1-3-14-4-2-12/h1-5H2,(H,11,13). The zero-order valence-corrected chi connectivity index (χ0v) is 9.70. The fraction of sp³-hybridized carbons (Fsp3) is 0.857. The van der Waals surface area contributed by atoms with E-state index in [1.165, 1.54) is 0 Å². The molecule has 0 radical (unpaired) electrons. The van der Waals surface area contributed by atoms with Crippen molar-refractivity contribution < 1.29 is 9.53 Å². The third kappa shape index (κ3) is 4.55. The highest BCUT2D eigenvalue weighted by Gasteiger charge is 2.23. The Bertz CT molecular complexity index is 202. The predicted octanol–water partition coefficient (Wildman–Crippen LogP) is 1.40. The van der Waals surface area contributed by atoms with Crippen LogP contribution in [0, 0.1) is 0 Å². The van der Waals surface area contributed by atoms with Crippen molar-refractivity contribution in [3.8, 4) is 0 Å². The maximum atomic E-state index is 11.4. The maximum Gasteiger partial charge on any atom is 0.317 e. The largest absolute Gasteiger partial charge is 0.378 e. The highest BCUT2D eigenvalue weighted by Crippen LogP contribution is 2.24. The third-order valence-electron chi connectivity index (χ3n) is 1.74. The summed E-state index contributed by atoms with van der Waals surface area (Å²) >= 11 is 16.5. The van der Waals surface area contributed by atoms with E-state index >= 15 is 0 Å². The average molecular weight is 262 g/mol. The second-order valence-electron chi connectivity index (χ2n) is 2.87. The second kappa shape index (κ2) is 5.26. The summed E-state index contributed by atoms with van der Waals surface area (Å²) in [4.78, 5) is 13.1. The van der Waals surface area contributed by atoms with E-state index in [-0.39, 0.29) is 12.6 Å². The molecule has 0 bridgehead atoms. The van der Waals surface area contributed by atoms with Crippen LogP contribution >= 0.6 is 34.8 Å². The minimum absolute atomic E-state index is 0.00779. The molecule has 1 rings (SSSR count). The van der Waals surface area contributed by atoms with E-state index in [9.17, 15) is 4.79 Å². The number of amides is 2. The number of halogens is 3. The number of morpholine rings is 1. The molecule has 0 aromatic rings. The summed E-state index contributed by atoms with van der Waals surface area (Å²) in [5.74, 6) is 0. The number of carbonyl (C=O) groups excluding carboxylic acids is 1. The zero-order chi connectivity index (χ0) is 10.6. The molecule has 2 amide bonds. The molecule has 1 heterocycles. The van der Waals surface area contributed by atoms with Crippen LogP contribution in [0.15, 0.2) is 0 Å². The van der Waals surface area contributed by atoms with Crippen LogP contribution in [0.5, 0.6) is 0 Å². The van der Waals surface area contributed by atoms with Gasteiger partial charge in [0.25, 0.3) is 0 Å². The monoisotopic (exact) mass is 260 g/mol. The van der Waals surface area contributed by atoms with Crippen LogP contribution in [0.4, 0.5) is 4.79 Å². The van der Waals surface area contributed by atoms with Gasteiger partial charge in [0, 0.05) is 13.1 Å². The Kier molecular flexibility index (Phi) is 4.57. The van der Waals surface area contributed by atoms with E-state index in [2.05, 4.69) is 5.32 Å². The van der Waals surface area contributed by atoms with Gasteiger partial charge >= 0.3 is 6.03 Å². The quantitative estimate of drug-likeness (QED) is 0.725. The van der Waals surface area contributed by atoms with Gasteiger partial charge in [0.2, 0.25) is 3.79 Å². The van der Waals surface area contributed by atoms with E-state index < -0.39 is 3.79 Å². The van der Waals surface area contributed by atoms with Gasteiger partial charge in [-0.1, -0.05) is 34.8 Å². The summed E-state index contributed by atoms with van der Waals surface area (Å²) in [5.41, 5.74) is 0. The molecule has 0 aromatic heterocycles. The first-order valence-electron chi connectivity index (χ1n) is 4.16. The van der Waals surface area contributed by atoms with E-state index in [4.69, 9.17) is 39.5 Å². The predicted molar refractivity (Wildman–Crippen MR) is 56.1 cm³/mol. The SMILES string of the molecule is O=C(NCC(Cl)(Cl)Cl)N1CCOCC1. The molecule has 0 aliphatic carbocycles. The lowest BCUT2D eigenvalue weighted by atomic mass is 10.4. The van der Waals surface area contributed by atoms with Gasteiger partial charge in [0.1, 0.15) is 0 Å². The van der Waals surface area contributed by atoms with Gasteiger partial charge in [-0.15, -0.1) is 0 Å². The zero-order valence-electron chi connectivity index (χ0n) is 7.43. The van der Waals surface area contributed by atoms with Crippen LogP contribution < -0.4 is 5.32 Å². The van der Waals surface area contributed by atoms with Crippen LogP contribution in [0.25, 0.3) is 0 Å². The Labute approximate surface area is 97.4 Å². The first-order chi connectivity index (χ1) is 6.49. The van der Waals surface area contributed by atoms with Gasteiger partial charge < -0.3 is 15.0 Å². The first kappa shape index (κ1) is 12.2. The molecule has 7 heteroatoms. The molecule has 0 aromatic carbocycles. The lowest BCUT2D eigenvalue weighted by Gasteiger charge is -2.27. The Hall–Kier alpha value is 0.1000. The number of hydrogen-bond acceptors (Lipinski definition) is 2. The van der Waals surface area contributed by atoms with E-state index in [1.807, 2.05) is 0 Å². The number of rotatable bonds is 1. The van der Waals surface area contributed by atoms with Gasteiger partial charge in [-0.25, -0.2) is 4.79 Å². The van der Waals surface area contributed by atoms with E-state index in [1.54, 1.807) is 4.90 Å². The summed E-state index contributed by atoms with van der Waals surface area (Å²) in [5, 5.41) is 2.53. The highest BCUT2D eigenvalue weighted by molar-refractivity contribution is 6.67. The number of carbonyl (C=O) groups is 1. The summed E-state index contributed by atoms with van der Waals surface area (Å²) in [6.45, 7) is 2.27. The van der Waals surface area contributed by atoms with Crippen LogP contribution in [0.2, 0.25) is 0 Å². The number of ether oxygens (including phenoxy) is 1. The summed E-state index contributed by atoms with van der Waals surface area (Å²) in [6.07, 6.45) is 0. The van der Waals surface area contributed by atoms with E-state index in [0.717, 1.165) is 0 Å². The van der Waals surface area contributed by atoms with E-state index in [0.29, 0.717) is 26.3 Å². The van der Waals surface area contributed by atoms with Gasteiger partial charge in [-0.2, -0.15) is 0 Å². The molecule has 1 fully saturated rings. The number of alkyl halides is 3. The Morgan fingerprint density at radius 3 is 2.43 bits per heavy atom. The van der Waals surface area contributed by atoms with Crippen LogP contribution in [-0.2, 0) is 4.74 Å². The molecular weight excluding hydrogens is 250 g/mol. The molecule has 14 heavy (non-hydrogen) atoms. The van der Waals surface area contributed by atoms with Gasteiger partial charge in [0.05, 0.1) is 19.8 Å². The molecule has 0 atom stereocenters. The Morgan fingerprint density at radius 1 is 1.36 bits per heavy atom. The van der Waals surface area contributed by atoms with Gasteiger partial charge in [-0.05, 0) is 0 Å². The van der Waals surface area contributed by atoms with Crippen molar-refractivity contribution in [2.24, 2.45) is 0 Å². The Morgan fingerprint density at radius 2 is 1.93 bits per heavy atom. The second-order valence-corrected chi connectivity index (χ2v) is 5.39. The van der Waals surface area contributed by atoms with Crippen molar-refractivity contribution in [2.45, 2.75) is 3.79 Å². The fourth-order valence-electron chi connectivity index (χ4n) is 1.05. The first-order valence-corrected chi connectivity index (χ1v) is 5.30. The molecule has 4 nitrogen and oxygen atoms in total. The smallest absolute Gasteiger partial charge is 0.317 e. The molecular formula is C7H11Cl3N2O2. The topological polar surface area (TPSA) is 41.6 Å². The van der Waals surface area contributed by atoms with Crippen molar-refractivity contribution in [1.82, 2.24) is 10.2 Å². The van der Waals surface area contributed by atoms with Crippen molar-refractivity contribution in [1.29, 1.82) is 0 Å². The Balaban J connectivity index is 2.27. The van der Waals surface area contributed by atoms with Gasteiger partial charge in [-0.3, -0.25) is 0 Å². The van der Waals surface area contributed by atoms with Crippen molar-refractivity contribution in [2.75, 3.05) is 32.8 Å². The van der Waals surface area contributed by atoms with Gasteiger partial charge in [0.15, 0.2) is 0 Å². The lowest BCUT2D eigenvalue weighted by Crippen LogP contribution is -2.47. The minimum Gasteiger partial charge on any atom is -0.378 e. The highest BCUT2D eigenvalue weighted by atomic mass is 35.6. The number of hydrogen-bond donors (Lipinski definition) is 1. The number of nitrogens with one attached hydrogen (secondary N) is 1. The average Bonchev–Trinajstić information content (AvgIpc) is 2.14. The van der Waals surface area contributed by atoms with Crippen LogP contribution in [-0.4, -0.2) is 47.6 Å².